The van der Waals surface area contributed by atoms with E-state index in [1.165, 1.54) is 0 Å². The van der Waals surface area contributed by atoms with Gasteiger partial charge in [0.2, 0.25) is 5.95 Å². The zero-order valence-electron chi connectivity index (χ0n) is 13.6. The summed E-state index contributed by atoms with van der Waals surface area (Å²) >= 11 is 1.61. The van der Waals surface area contributed by atoms with E-state index >= 15 is 0 Å². The third-order valence-electron chi connectivity index (χ3n) is 4.01. The number of aromatic nitrogens is 4. The molecule has 0 unspecified atom stereocenters. The van der Waals surface area contributed by atoms with Crippen molar-refractivity contribution in [3.63, 3.8) is 0 Å². The number of aromatic amines is 1. The van der Waals surface area contributed by atoms with E-state index in [0.717, 1.165) is 38.4 Å². The molecule has 0 atom stereocenters. The quantitative estimate of drug-likeness (QED) is 0.426. The summed E-state index contributed by atoms with van der Waals surface area (Å²) in [6.07, 6.45) is 3.45. The average Bonchev–Trinajstić information content (AvgIpc) is 3.40. The van der Waals surface area contributed by atoms with Gasteiger partial charge in [0.25, 0.3) is 0 Å². The second-order valence-corrected chi connectivity index (χ2v) is 6.68. The minimum absolute atomic E-state index is 0.531. The Bertz CT molecular complexity index is 1180. The highest BCUT2D eigenvalue weighted by Crippen LogP contribution is 2.30. The summed E-state index contributed by atoms with van der Waals surface area (Å²) in [7, 11) is 0. The van der Waals surface area contributed by atoms with Crippen molar-refractivity contribution >= 4 is 49.9 Å². The average molecular weight is 362 g/mol. The number of anilines is 3. The molecule has 0 aliphatic heterocycles. The van der Waals surface area contributed by atoms with Gasteiger partial charge in [0.1, 0.15) is 5.76 Å². The van der Waals surface area contributed by atoms with Gasteiger partial charge in [0, 0.05) is 11.1 Å². The Balaban J connectivity index is 1.47. The normalized spacial score (nSPS) is 11.2. The number of hydrogen-bond donors (Lipinski definition) is 3. The number of fused-ring (bicyclic) bond motifs is 2. The number of nitrogens with zero attached hydrogens (tertiary/aromatic N) is 3. The molecule has 5 rings (SSSR count). The molecule has 0 bridgehead atoms. The van der Waals surface area contributed by atoms with E-state index in [1.807, 2.05) is 41.8 Å². The molecule has 26 heavy (non-hydrogen) atoms. The number of furan rings is 1. The summed E-state index contributed by atoms with van der Waals surface area (Å²) in [6.45, 7) is 0.531. The van der Waals surface area contributed by atoms with Crippen LogP contribution in [0.1, 0.15) is 5.76 Å². The second kappa shape index (κ2) is 6.16. The van der Waals surface area contributed by atoms with Crippen molar-refractivity contribution in [1.29, 1.82) is 0 Å². The molecule has 0 aliphatic carbocycles. The lowest BCUT2D eigenvalue weighted by Crippen LogP contribution is -2.05. The van der Waals surface area contributed by atoms with Crippen LogP contribution in [0.4, 0.5) is 17.5 Å². The fraction of sp³-hybridized carbons (Fsp3) is 0.0556. The molecular formula is C18H14N6OS. The first-order valence-electron chi connectivity index (χ1n) is 8.07. The molecule has 0 amide bonds. The van der Waals surface area contributed by atoms with Crippen molar-refractivity contribution in [3.8, 4) is 0 Å². The number of rotatable bonds is 5. The smallest absolute Gasteiger partial charge is 0.225 e. The first-order valence-corrected chi connectivity index (χ1v) is 8.95. The largest absolute Gasteiger partial charge is 0.467 e. The van der Waals surface area contributed by atoms with Crippen LogP contribution in [0.3, 0.4) is 0 Å². The van der Waals surface area contributed by atoms with Crippen molar-refractivity contribution in [2.75, 3.05) is 10.6 Å². The number of thiophene rings is 1. The van der Waals surface area contributed by atoms with E-state index in [1.54, 1.807) is 23.8 Å². The Hall–Kier alpha value is -3.39. The SMILES string of the molecule is c1coc(CNc2nc(Nc3ccc4[nH]ncc4c3)c3sccc3n2)c1. The zero-order valence-corrected chi connectivity index (χ0v) is 14.4. The molecule has 128 valence electrons. The van der Waals surface area contributed by atoms with Crippen molar-refractivity contribution in [3.05, 3.63) is 60.0 Å². The highest BCUT2D eigenvalue weighted by atomic mass is 32.1. The second-order valence-electron chi connectivity index (χ2n) is 5.76. The third kappa shape index (κ3) is 2.76. The summed E-state index contributed by atoms with van der Waals surface area (Å²) in [4.78, 5) is 9.22. The first-order chi connectivity index (χ1) is 12.8. The van der Waals surface area contributed by atoms with Gasteiger partial charge in [0.05, 0.1) is 34.7 Å². The van der Waals surface area contributed by atoms with Gasteiger partial charge in [-0.2, -0.15) is 10.1 Å². The van der Waals surface area contributed by atoms with Gasteiger partial charge in [-0.15, -0.1) is 11.3 Å². The highest BCUT2D eigenvalue weighted by molar-refractivity contribution is 7.17. The van der Waals surface area contributed by atoms with Crippen molar-refractivity contribution < 1.29 is 4.42 Å². The van der Waals surface area contributed by atoms with Crippen molar-refractivity contribution in [2.45, 2.75) is 6.54 Å². The molecule has 5 aromatic rings. The van der Waals surface area contributed by atoms with Crippen LogP contribution in [0.2, 0.25) is 0 Å². The maximum absolute atomic E-state index is 5.35. The summed E-state index contributed by atoms with van der Waals surface area (Å²) in [5.41, 5.74) is 2.85. The van der Waals surface area contributed by atoms with Gasteiger partial charge in [-0.1, -0.05) is 0 Å². The lowest BCUT2D eigenvalue weighted by atomic mass is 10.2. The molecule has 4 aromatic heterocycles. The van der Waals surface area contributed by atoms with Gasteiger partial charge in [-0.3, -0.25) is 5.10 Å². The number of benzene rings is 1. The number of hydrogen-bond acceptors (Lipinski definition) is 7. The Labute approximate surface area is 152 Å². The van der Waals surface area contributed by atoms with Gasteiger partial charge >= 0.3 is 0 Å². The molecule has 3 N–H and O–H groups in total. The van der Waals surface area contributed by atoms with Crippen LogP contribution in [-0.4, -0.2) is 20.2 Å². The predicted octanol–water partition coefficient (Wildman–Crippen LogP) is 4.52. The van der Waals surface area contributed by atoms with Crippen LogP contribution >= 0.6 is 11.3 Å². The van der Waals surface area contributed by atoms with Crippen LogP contribution in [0.25, 0.3) is 21.1 Å². The first kappa shape index (κ1) is 14.9. The van der Waals surface area contributed by atoms with Crippen molar-refractivity contribution in [2.24, 2.45) is 0 Å². The third-order valence-corrected chi connectivity index (χ3v) is 4.92. The standard InChI is InChI=1S/C18H14N6OS/c1-2-13(25-6-1)10-19-18-22-15-5-7-26-16(15)17(23-18)21-12-3-4-14-11(8-12)9-20-24-14/h1-9H,10H2,(H,20,24)(H2,19,21,22,23). The van der Waals surface area contributed by atoms with Gasteiger partial charge in [-0.25, -0.2) is 4.98 Å². The summed E-state index contributed by atoms with van der Waals surface area (Å²) in [5.74, 6) is 2.16. The fourth-order valence-electron chi connectivity index (χ4n) is 2.76. The zero-order chi connectivity index (χ0) is 17.3. The van der Waals surface area contributed by atoms with E-state index in [9.17, 15) is 0 Å². The maximum atomic E-state index is 5.35. The maximum Gasteiger partial charge on any atom is 0.225 e. The van der Waals surface area contributed by atoms with E-state index in [4.69, 9.17) is 4.42 Å². The molecule has 0 spiro atoms. The van der Waals surface area contributed by atoms with Crippen LogP contribution < -0.4 is 10.6 Å². The summed E-state index contributed by atoms with van der Waals surface area (Å²) in [6, 6.07) is 11.8. The Morgan fingerprint density at radius 2 is 2.15 bits per heavy atom. The van der Waals surface area contributed by atoms with E-state index in [0.29, 0.717) is 12.5 Å². The molecule has 1 aromatic carbocycles. The minimum Gasteiger partial charge on any atom is -0.467 e. The number of H-pyrrole nitrogens is 1. The van der Waals surface area contributed by atoms with E-state index < -0.39 is 0 Å². The van der Waals surface area contributed by atoms with Gasteiger partial charge < -0.3 is 15.1 Å². The molecule has 0 aliphatic rings. The molecule has 0 fully saturated rings. The lowest BCUT2D eigenvalue weighted by molar-refractivity contribution is 0.517. The minimum atomic E-state index is 0.531. The van der Waals surface area contributed by atoms with Crippen LogP contribution in [0, 0.1) is 0 Å². The molecule has 0 radical (unpaired) electrons. The molecule has 4 heterocycles. The van der Waals surface area contributed by atoms with Crippen molar-refractivity contribution in [1.82, 2.24) is 20.2 Å². The predicted molar refractivity (Wildman–Crippen MR) is 103 cm³/mol. The van der Waals surface area contributed by atoms with Crippen LogP contribution in [0.5, 0.6) is 0 Å². The van der Waals surface area contributed by atoms with Crippen LogP contribution in [0.15, 0.2) is 58.7 Å². The highest BCUT2D eigenvalue weighted by Gasteiger charge is 2.10. The van der Waals surface area contributed by atoms with E-state index in [-0.39, 0.29) is 0 Å². The molecular weight excluding hydrogens is 348 g/mol. The molecule has 7 nitrogen and oxygen atoms in total. The van der Waals surface area contributed by atoms with Gasteiger partial charge in [0.15, 0.2) is 5.82 Å². The number of nitrogens with one attached hydrogen (secondary N) is 3. The topological polar surface area (TPSA) is 91.7 Å². The Kier molecular flexibility index (Phi) is 3.53. The lowest BCUT2D eigenvalue weighted by Gasteiger charge is -2.09. The summed E-state index contributed by atoms with van der Waals surface area (Å²) < 4.78 is 6.36. The fourth-order valence-corrected chi connectivity index (χ4v) is 3.54. The van der Waals surface area contributed by atoms with Crippen LogP contribution in [-0.2, 0) is 6.54 Å². The molecule has 0 saturated heterocycles. The van der Waals surface area contributed by atoms with E-state index in [2.05, 4.69) is 30.8 Å². The van der Waals surface area contributed by atoms with Gasteiger partial charge in [-0.05, 0) is 41.8 Å². The Morgan fingerprint density at radius 1 is 1.15 bits per heavy atom. The monoisotopic (exact) mass is 362 g/mol. The molecule has 8 heteroatoms. The molecule has 0 saturated carbocycles. The summed E-state index contributed by atoms with van der Waals surface area (Å²) in [5, 5.41) is 16.7. The Morgan fingerprint density at radius 3 is 3.08 bits per heavy atom.